The van der Waals surface area contributed by atoms with Crippen molar-refractivity contribution in [2.75, 3.05) is 19.9 Å². The number of rotatable bonds is 7. The fraction of sp³-hybridized carbons (Fsp3) is 0.440. The van der Waals surface area contributed by atoms with Gasteiger partial charge in [-0.05, 0) is 43.0 Å². The molecule has 3 unspecified atom stereocenters. The van der Waals surface area contributed by atoms with E-state index in [0.717, 1.165) is 4.31 Å². The lowest BCUT2D eigenvalue weighted by atomic mass is 10.0. The van der Waals surface area contributed by atoms with Crippen molar-refractivity contribution in [3.8, 4) is 17.2 Å². The summed E-state index contributed by atoms with van der Waals surface area (Å²) in [7, 11) is -3.97. The third kappa shape index (κ3) is 4.90. The van der Waals surface area contributed by atoms with E-state index in [2.05, 4.69) is 10.3 Å². The number of hydrogen-bond acceptors (Lipinski definition) is 9. The van der Waals surface area contributed by atoms with Gasteiger partial charge >= 0.3 is 6.09 Å². The number of amides is 2. The number of nitrogens with one attached hydrogen (secondary N) is 1. The van der Waals surface area contributed by atoms with Gasteiger partial charge in [0, 0.05) is 25.0 Å². The quantitative estimate of drug-likeness (QED) is 0.549. The molecule has 2 amide bonds. The number of nitrogens with zero attached hydrogens (tertiary/aromatic N) is 3. The van der Waals surface area contributed by atoms with Gasteiger partial charge in [-0.15, -0.1) is 0 Å². The maximum absolute atomic E-state index is 13.6. The maximum Gasteiger partial charge on any atom is 0.413 e. The first kappa shape index (κ1) is 25.9. The van der Waals surface area contributed by atoms with Crippen LogP contribution in [0.25, 0.3) is 0 Å². The zero-order chi connectivity index (χ0) is 27.0. The van der Waals surface area contributed by atoms with Crippen LogP contribution in [0.15, 0.2) is 47.6 Å². The minimum atomic E-state index is -3.97. The van der Waals surface area contributed by atoms with Gasteiger partial charge in [-0.2, -0.15) is 4.31 Å². The fourth-order valence-corrected chi connectivity index (χ4v) is 6.68. The van der Waals surface area contributed by atoms with Crippen molar-refractivity contribution in [2.24, 2.45) is 5.92 Å². The summed E-state index contributed by atoms with van der Waals surface area (Å²) < 4.78 is 43.5. The van der Waals surface area contributed by atoms with E-state index < -0.39 is 40.1 Å². The summed E-state index contributed by atoms with van der Waals surface area (Å²) in [6.45, 7) is 3.74. The summed E-state index contributed by atoms with van der Waals surface area (Å²) in [4.78, 5) is 44.6. The average Bonchev–Trinajstić information content (AvgIpc) is 3.60. The summed E-state index contributed by atoms with van der Waals surface area (Å²) in [5, 5.41) is 2.63. The lowest BCUT2D eigenvalue weighted by molar-refractivity contribution is -0.138. The number of carbonyl (C=O) groups excluding carboxylic acids is 3. The molecule has 5 rings (SSSR count). The molecule has 3 atom stereocenters. The van der Waals surface area contributed by atoms with Crippen LogP contribution in [-0.2, 0) is 19.6 Å². The molecule has 0 spiro atoms. The van der Waals surface area contributed by atoms with E-state index in [0.29, 0.717) is 24.3 Å². The molecule has 0 radical (unpaired) electrons. The van der Waals surface area contributed by atoms with Crippen LogP contribution in [0.2, 0.25) is 0 Å². The number of hydrogen-bond donors (Lipinski definition) is 1. The number of sulfonamides is 1. The molecule has 4 heterocycles. The molecule has 12 nitrogen and oxygen atoms in total. The van der Waals surface area contributed by atoms with Gasteiger partial charge in [-0.1, -0.05) is 13.8 Å². The smallest absolute Gasteiger partial charge is 0.413 e. The lowest BCUT2D eigenvalue weighted by Gasteiger charge is -2.28. The first-order valence-corrected chi connectivity index (χ1v) is 13.7. The van der Waals surface area contributed by atoms with Gasteiger partial charge in [0.25, 0.3) is 0 Å². The molecule has 1 aromatic heterocycles. The van der Waals surface area contributed by atoms with Gasteiger partial charge in [0.2, 0.25) is 22.7 Å². The molecule has 38 heavy (non-hydrogen) atoms. The zero-order valence-corrected chi connectivity index (χ0v) is 21.7. The number of benzene rings is 1. The topological polar surface area (TPSA) is 144 Å². The Hall–Kier alpha value is -3.71. The highest BCUT2D eigenvalue weighted by Gasteiger charge is 2.54. The second-order valence-corrected chi connectivity index (χ2v) is 11.7. The Labute approximate surface area is 219 Å². The minimum Gasteiger partial charge on any atom is -0.454 e. The summed E-state index contributed by atoms with van der Waals surface area (Å²) in [5.41, 5.74) is 0. The van der Waals surface area contributed by atoms with Crippen molar-refractivity contribution in [1.82, 2.24) is 19.5 Å². The average molecular weight is 545 g/mol. The Morgan fingerprint density at radius 1 is 1.21 bits per heavy atom. The first-order valence-electron chi connectivity index (χ1n) is 12.3. The Balaban J connectivity index is 1.30. The third-order valence-electron chi connectivity index (χ3n) is 6.75. The predicted molar refractivity (Wildman–Crippen MR) is 132 cm³/mol. The van der Waals surface area contributed by atoms with Crippen molar-refractivity contribution in [3.05, 3.63) is 42.7 Å². The number of aromatic nitrogens is 1. The van der Waals surface area contributed by atoms with E-state index >= 15 is 0 Å². The van der Waals surface area contributed by atoms with Crippen molar-refractivity contribution < 1.29 is 37.0 Å². The number of fused-ring (bicyclic) bond motifs is 2. The Morgan fingerprint density at radius 2 is 2.00 bits per heavy atom. The molecule has 202 valence electrons. The molecule has 0 bridgehead atoms. The van der Waals surface area contributed by atoms with Crippen LogP contribution in [0, 0.1) is 5.92 Å². The minimum absolute atomic E-state index is 0.0103. The zero-order valence-electron chi connectivity index (χ0n) is 20.9. The summed E-state index contributed by atoms with van der Waals surface area (Å²) in [5.74, 6) is 0.414. The van der Waals surface area contributed by atoms with Crippen LogP contribution in [0.5, 0.6) is 17.2 Å². The van der Waals surface area contributed by atoms with Crippen LogP contribution in [0.1, 0.15) is 26.7 Å². The van der Waals surface area contributed by atoms with E-state index in [1.165, 1.54) is 35.5 Å². The summed E-state index contributed by atoms with van der Waals surface area (Å²) >= 11 is 0. The number of likely N-dealkylation sites (tertiary alicyclic amines) is 1. The van der Waals surface area contributed by atoms with Gasteiger partial charge in [0.1, 0.15) is 22.7 Å². The van der Waals surface area contributed by atoms with E-state index in [9.17, 15) is 22.8 Å². The van der Waals surface area contributed by atoms with E-state index in [4.69, 9.17) is 14.2 Å². The first-order chi connectivity index (χ1) is 18.1. The van der Waals surface area contributed by atoms with Crippen molar-refractivity contribution in [3.63, 3.8) is 0 Å². The van der Waals surface area contributed by atoms with Gasteiger partial charge in [0.15, 0.2) is 17.3 Å². The number of ether oxygens (including phenoxy) is 3. The molecule has 1 N–H and O–H groups in total. The predicted octanol–water partition coefficient (Wildman–Crippen LogP) is 1.56. The molecular formula is C25H28N4O8S. The van der Waals surface area contributed by atoms with Crippen LogP contribution in [0.4, 0.5) is 4.79 Å². The largest absolute Gasteiger partial charge is 0.454 e. The van der Waals surface area contributed by atoms with Crippen LogP contribution in [0.3, 0.4) is 0 Å². The Kier molecular flexibility index (Phi) is 6.97. The maximum atomic E-state index is 13.6. The van der Waals surface area contributed by atoms with Crippen LogP contribution in [-0.4, -0.2) is 78.4 Å². The standard InChI is InChI=1S/C25H28N4O8S/c1-15(2)10-18(27-25(32)37-16-5-6-21-22(11-16)36-14-35-21)24(31)28-9-7-19-23(28)20(30)13-29(19)38(33,34)17-4-3-8-26-12-17/h3-6,8,11-12,15,18-19,23H,7,9-10,13-14H2,1-2H3,(H,27,32). The molecule has 0 saturated carbocycles. The van der Waals surface area contributed by atoms with Crippen LogP contribution >= 0.6 is 0 Å². The molecular weight excluding hydrogens is 516 g/mol. The summed E-state index contributed by atoms with van der Waals surface area (Å²) in [6.07, 6.45) is 2.47. The normalized spacial score (nSPS) is 21.4. The van der Waals surface area contributed by atoms with E-state index in [1.807, 2.05) is 13.8 Å². The molecule has 2 saturated heterocycles. The second-order valence-electron chi connectivity index (χ2n) is 9.77. The number of Topliss-reactive ketones (excluding diaryl/α,β-unsaturated/α-hetero) is 1. The lowest BCUT2D eigenvalue weighted by Crippen LogP contribution is -2.53. The molecule has 3 aliphatic heterocycles. The molecule has 1 aromatic carbocycles. The Bertz CT molecular complexity index is 1350. The van der Waals surface area contributed by atoms with Crippen molar-refractivity contribution >= 4 is 27.8 Å². The summed E-state index contributed by atoms with van der Waals surface area (Å²) in [6, 6.07) is 5.04. The van der Waals surface area contributed by atoms with Crippen LogP contribution < -0.4 is 19.5 Å². The molecule has 2 fully saturated rings. The molecule has 2 aromatic rings. The third-order valence-corrected chi connectivity index (χ3v) is 8.61. The van der Waals surface area contributed by atoms with E-state index in [1.54, 1.807) is 12.1 Å². The van der Waals surface area contributed by atoms with Gasteiger partial charge in [-0.25, -0.2) is 13.2 Å². The second kappa shape index (κ2) is 10.2. The molecule has 0 aliphatic carbocycles. The van der Waals surface area contributed by atoms with Gasteiger partial charge in [0.05, 0.1) is 12.6 Å². The highest BCUT2D eigenvalue weighted by molar-refractivity contribution is 7.89. The number of pyridine rings is 1. The van der Waals surface area contributed by atoms with Crippen molar-refractivity contribution in [2.45, 2.75) is 49.7 Å². The monoisotopic (exact) mass is 544 g/mol. The highest BCUT2D eigenvalue weighted by atomic mass is 32.2. The highest BCUT2D eigenvalue weighted by Crippen LogP contribution is 2.36. The Morgan fingerprint density at radius 3 is 2.74 bits per heavy atom. The molecule has 13 heteroatoms. The molecule has 3 aliphatic rings. The number of carbonyl (C=O) groups is 3. The van der Waals surface area contributed by atoms with Gasteiger partial charge < -0.3 is 24.4 Å². The SMILES string of the molecule is CC(C)CC(NC(=O)Oc1ccc2c(c1)OCO2)C(=O)N1CCC2C1C(=O)CN2S(=O)(=O)c1cccnc1. The van der Waals surface area contributed by atoms with Crippen molar-refractivity contribution in [1.29, 1.82) is 0 Å². The fourth-order valence-electron chi connectivity index (χ4n) is 5.09. The van der Waals surface area contributed by atoms with E-state index in [-0.39, 0.29) is 42.2 Å². The van der Waals surface area contributed by atoms with Gasteiger partial charge in [-0.3, -0.25) is 14.6 Å². The number of ketones is 1.